The van der Waals surface area contributed by atoms with Gasteiger partial charge in [0.2, 0.25) is 0 Å². The second kappa shape index (κ2) is 7.07. The zero-order chi connectivity index (χ0) is 15.4. The van der Waals surface area contributed by atoms with Crippen LogP contribution in [-0.2, 0) is 6.54 Å². The van der Waals surface area contributed by atoms with Gasteiger partial charge in [0.25, 0.3) is 5.91 Å². The van der Waals surface area contributed by atoms with Gasteiger partial charge < -0.3 is 4.90 Å². The summed E-state index contributed by atoms with van der Waals surface area (Å²) in [4.78, 5) is 14.2. The predicted molar refractivity (Wildman–Crippen MR) is 95.5 cm³/mol. The van der Waals surface area contributed by atoms with Crippen LogP contribution in [0.2, 0.25) is 0 Å². The quantitative estimate of drug-likeness (QED) is 0.691. The molecule has 0 aliphatic rings. The summed E-state index contributed by atoms with van der Waals surface area (Å²) < 4.78 is 1.08. The maximum Gasteiger partial charge on any atom is 0.253 e. The van der Waals surface area contributed by atoms with Crippen LogP contribution in [0, 0.1) is 3.57 Å². The molecule has 0 fully saturated rings. The Bertz CT molecular complexity index is 619. The van der Waals surface area contributed by atoms with Gasteiger partial charge in [0, 0.05) is 22.7 Å². The molecule has 2 nitrogen and oxygen atoms in total. The molecule has 2 aromatic rings. The molecule has 0 spiro atoms. The molecule has 3 heteroatoms. The fraction of sp³-hybridized carbons (Fsp3) is 0.278. The van der Waals surface area contributed by atoms with E-state index in [4.69, 9.17) is 0 Å². The molecule has 0 heterocycles. The van der Waals surface area contributed by atoms with Gasteiger partial charge in [0.1, 0.15) is 0 Å². The first kappa shape index (κ1) is 16.0. The van der Waals surface area contributed by atoms with E-state index < -0.39 is 0 Å². The first-order chi connectivity index (χ1) is 9.97. The Morgan fingerprint density at radius 2 is 1.81 bits per heavy atom. The highest BCUT2D eigenvalue weighted by Crippen LogP contribution is 2.16. The molecule has 0 atom stereocenters. The Labute approximate surface area is 140 Å². The molecule has 21 heavy (non-hydrogen) atoms. The lowest BCUT2D eigenvalue weighted by Gasteiger charge is -2.18. The van der Waals surface area contributed by atoms with Crippen molar-refractivity contribution in [3.05, 3.63) is 68.8 Å². The lowest BCUT2D eigenvalue weighted by molar-refractivity contribution is 0.0785. The minimum atomic E-state index is 0.0569. The molecule has 0 aromatic heterocycles. The van der Waals surface area contributed by atoms with E-state index in [1.54, 1.807) is 4.90 Å². The van der Waals surface area contributed by atoms with Crippen LogP contribution in [0.1, 0.15) is 41.3 Å². The zero-order valence-corrected chi connectivity index (χ0v) is 14.8. The van der Waals surface area contributed by atoms with Gasteiger partial charge in [0.15, 0.2) is 0 Å². The van der Waals surface area contributed by atoms with Gasteiger partial charge in [0.05, 0.1) is 0 Å². The zero-order valence-electron chi connectivity index (χ0n) is 12.6. The maximum absolute atomic E-state index is 12.4. The van der Waals surface area contributed by atoms with Gasteiger partial charge in [-0.1, -0.05) is 44.2 Å². The van der Waals surface area contributed by atoms with Gasteiger partial charge in [-0.15, -0.1) is 0 Å². The number of hydrogen-bond donors (Lipinski definition) is 0. The summed E-state index contributed by atoms with van der Waals surface area (Å²) in [5.74, 6) is 0.589. The summed E-state index contributed by atoms with van der Waals surface area (Å²) in [6.07, 6.45) is 0. The molecule has 0 radical (unpaired) electrons. The van der Waals surface area contributed by atoms with Crippen molar-refractivity contribution < 1.29 is 4.79 Å². The van der Waals surface area contributed by atoms with Gasteiger partial charge in [-0.3, -0.25) is 4.79 Å². The lowest BCUT2D eigenvalue weighted by atomic mass is 10.0. The van der Waals surface area contributed by atoms with E-state index in [-0.39, 0.29) is 5.91 Å². The van der Waals surface area contributed by atoms with Gasteiger partial charge in [-0.25, -0.2) is 0 Å². The van der Waals surface area contributed by atoms with Crippen molar-refractivity contribution in [3.63, 3.8) is 0 Å². The molecule has 0 N–H and O–H groups in total. The van der Waals surface area contributed by atoms with Crippen molar-refractivity contribution in [1.29, 1.82) is 0 Å². The molecule has 110 valence electrons. The SMILES string of the molecule is CC(C)c1ccc(CN(C)C(=O)c2cccc(I)c2)cc1. The van der Waals surface area contributed by atoms with Crippen LogP contribution in [-0.4, -0.2) is 17.9 Å². The van der Waals surface area contributed by atoms with Crippen molar-refractivity contribution in [2.24, 2.45) is 0 Å². The van der Waals surface area contributed by atoms with Crippen LogP contribution < -0.4 is 0 Å². The van der Waals surface area contributed by atoms with Crippen molar-refractivity contribution in [1.82, 2.24) is 4.90 Å². The molecule has 2 rings (SSSR count). The van der Waals surface area contributed by atoms with E-state index in [9.17, 15) is 4.79 Å². The topological polar surface area (TPSA) is 20.3 Å². The van der Waals surface area contributed by atoms with Crippen LogP contribution in [0.4, 0.5) is 0 Å². The standard InChI is InChI=1S/C18H20INO/c1-13(2)15-9-7-14(8-10-15)12-20(3)18(21)16-5-4-6-17(19)11-16/h4-11,13H,12H2,1-3H3. The second-order valence-corrected chi connectivity index (χ2v) is 6.81. The van der Waals surface area contributed by atoms with E-state index in [1.807, 2.05) is 31.3 Å². The first-order valence-corrected chi connectivity index (χ1v) is 8.15. The summed E-state index contributed by atoms with van der Waals surface area (Å²) >= 11 is 2.22. The third-order valence-corrected chi connectivity index (χ3v) is 4.16. The summed E-state index contributed by atoms with van der Waals surface area (Å²) in [7, 11) is 1.85. The molecule has 0 aliphatic heterocycles. The van der Waals surface area contributed by atoms with Crippen molar-refractivity contribution in [2.75, 3.05) is 7.05 Å². The Morgan fingerprint density at radius 1 is 1.14 bits per heavy atom. The van der Waals surface area contributed by atoms with E-state index in [0.29, 0.717) is 12.5 Å². The lowest BCUT2D eigenvalue weighted by Crippen LogP contribution is -2.26. The monoisotopic (exact) mass is 393 g/mol. The van der Waals surface area contributed by atoms with Crippen molar-refractivity contribution in [2.45, 2.75) is 26.3 Å². The first-order valence-electron chi connectivity index (χ1n) is 7.07. The normalized spacial score (nSPS) is 10.7. The third kappa shape index (κ3) is 4.30. The van der Waals surface area contributed by atoms with E-state index >= 15 is 0 Å². The summed E-state index contributed by atoms with van der Waals surface area (Å²) in [5.41, 5.74) is 3.22. The average molecular weight is 393 g/mol. The number of nitrogens with zero attached hydrogens (tertiary/aromatic N) is 1. The number of carbonyl (C=O) groups excluding carboxylic acids is 1. The predicted octanol–water partition coefficient (Wildman–Crippen LogP) is 4.69. The average Bonchev–Trinajstić information content (AvgIpc) is 2.47. The third-order valence-electron chi connectivity index (χ3n) is 3.48. The molecule has 0 saturated carbocycles. The molecular weight excluding hydrogens is 373 g/mol. The molecule has 0 saturated heterocycles. The smallest absolute Gasteiger partial charge is 0.253 e. The van der Waals surface area contributed by atoms with Crippen LogP contribution in [0.25, 0.3) is 0 Å². The largest absolute Gasteiger partial charge is 0.337 e. The van der Waals surface area contributed by atoms with Gasteiger partial charge >= 0.3 is 0 Å². The van der Waals surface area contributed by atoms with Crippen LogP contribution >= 0.6 is 22.6 Å². The minimum absolute atomic E-state index is 0.0569. The fourth-order valence-electron chi connectivity index (χ4n) is 2.20. The number of halogens is 1. The van der Waals surface area contributed by atoms with Crippen LogP contribution in [0.3, 0.4) is 0 Å². The highest BCUT2D eigenvalue weighted by Gasteiger charge is 2.12. The summed E-state index contributed by atoms with van der Waals surface area (Å²) in [6, 6.07) is 16.2. The Hall–Kier alpha value is -1.36. The Balaban J connectivity index is 2.07. The molecular formula is C18H20INO. The highest BCUT2D eigenvalue weighted by atomic mass is 127. The number of hydrogen-bond acceptors (Lipinski definition) is 1. The summed E-state index contributed by atoms with van der Waals surface area (Å²) in [6.45, 7) is 4.99. The van der Waals surface area contributed by atoms with E-state index in [0.717, 1.165) is 14.7 Å². The number of carbonyl (C=O) groups is 1. The molecule has 0 aliphatic carbocycles. The van der Waals surface area contributed by atoms with Gasteiger partial charge in [-0.2, -0.15) is 0 Å². The maximum atomic E-state index is 12.4. The molecule has 0 unspecified atom stereocenters. The van der Waals surface area contributed by atoms with Crippen LogP contribution in [0.15, 0.2) is 48.5 Å². The van der Waals surface area contributed by atoms with E-state index in [2.05, 4.69) is 60.7 Å². The Kier molecular flexibility index (Phi) is 5.39. The van der Waals surface area contributed by atoms with Crippen molar-refractivity contribution in [3.8, 4) is 0 Å². The Morgan fingerprint density at radius 3 is 2.38 bits per heavy atom. The molecule has 0 bridgehead atoms. The number of amides is 1. The fourth-order valence-corrected chi connectivity index (χ4v) is 2.74. The molecule has 2 aromatic carbocycles. The highest BCUT2D eigenvalue weighted by molar-refractivity contribution is 14.1. The van der Waals surface area contributed by atoms with Gasteiger partial charge in [-0.05, 0) is 57.8 Å². The van der Waals surface area contributed by atoms with Crippen LogP contribution in [0.5, 0.6) is 0 Å². The number of benzene rings is 2. The number of rotatable bonds is 4. The molecule has 1 amide bonds. The summed E-state index contributed by atoms with van der Waals surface area (Å²) in [5, 5.41) is 0. The minimum Gasteiger partial charge on any atom is -0.337 e. The second-order valence-electron chi connectivity index (χ2n) is 5.57. The van der Waals surface area contributed by atoms with Crippen molar-refractivity contribution >= 4 is 28.5 Å². The van der Waals surface area contributed by atoms with E-state index in [1.165, 1.54) is 5.56 Å².